The molecule has 0 unspecified atom stereocenters. The van der Waals surface area contributed by atoms with Crippen molar-refractivity contribution in [2.75, 3.05) is 11.9 Å². The van der Waals surface area contributed by atoms with E-state index in [9.17, 15) is 0 Å². The molecule has 2 heteroatoms. The van der Waals surface area contributed by atoms with Gasteiger partial charge < -0.3 is 10.1 Å². The van der Waals surface area contributed by atoms with E-state index in [1.165, 1.54) is 22.4 Å². The van der Waals surface area contributed by atoms with Gasteiger partial charge in [0.2, 0.25) is 0 Å². The maximum Gasteiger partial charge on any atom is 0.122 e. The zero-order valence-corrected chi connectivity index (χ0v) is 11.3. The second kappa shape index (κ2) is 5.35. The van der Waals surface area contributed by atoms with Crippen molar-refractivity contribution in [2.45, 2.75) is 26.3 Å². The highest BCUT2D eigenvalue weighted by Crippen LogP contribution is 2.26. The van der Waals surface area contributed by atoms with Gasteiger partial charge in [0, 0.05) is 18.7 Å². The Balaban J connectivity index is 1.65. The average molecular weight is 253 g/mol. The van der Waals surface area contributed by atoms with Crippen LogP contribution < -0.4 is 10.1 Å². The zero-order valence-electron chi connectivity index (χ0n) is 11.3. The summed E-state index contributed by atoms with van der Waals surface area (Å²) in [6, 6.07) is 15.1. The molecular formula is C17H19NO. The Morgan fingerprint density at radius 1 is 1.05 bits per heavy atom. The first-order valence-electron chi connectivity index (χ1n) is 6.92. The number of hydrogen-bond acceptors (Lipinski definition) is 2. The number of benzene rings is 2. The van der Waals surface area contributed by atoms with E-state index in [1.54, 1.807) is 0 Å². The predicted molar refractivity (Wildman–Crippen MR) is 78.8 cm³/mol. The van der Waals surface area contributed by atoms with Crippen LogP contribution in [0.15, 0.2) is 42.5 Å². The molecule has 1 aliphatic heterocycles. The number of aryl methyl sites for hydroxylation is 1. The Morgan fingerprint density at radius 3 is 2.63 bits per heavy atom. The second-order valence-corrected chi connectivity index (χ2v) is 4.94. The minimum absolute atomic E-state index is 0.824. The fourth-order valence-electron chi connectivity index (χ4n) is 2.41. The van der Waals surface area contributed by atoms with Crippen LogP contribution in [0.2, 0.25) is 0 Å². The van der Waals surface area contributed by atoms with Crippen LogP contribution in [-0.2, 0) is 19.4 Å². The van der Waals surface area contributed by atoms with Crippen LogP contribution in [0.1, 0.15) is 23.6 Å². The molecule has 0 bridgehead atoms. The Hall–Kier alpha value is -1.96. The van der Waals surface area contributed by atoms with Crippen molar-refractivity contribution in [1.82, 2.24) is 0 Å². The third-order valence-electron chi connectivity index (χ3n) is 3.61. The Kier molecular flexibility index (Phi) is 3.41. The van der Waals surface area contributed by atoms with E-state index >= 15 is 0 Å². The van der Waals surface area contributed by atoms with Crippen LogP contribution in [0.3, 0.4) is 0 Å². The molecule has 1 N–H and O–H groups in total. The van der Waals surface area contributed by atoms with Gasteiger partial charge in [0.15, 0.2) is 0 Å². The lowest BCUT2D eigenvalue weighted by atomic mass is 10.1. The lowest BCUT2D eigenvalue weighted by Gasteiger charge is -2.08. The number of rotatable bonds is 4. The maximum atomic E-state index is 5.52. The van der Waals surface area contributed by atoms with Crippen LogP contribution in [-0.4, -0.2) is 6.61 Å². The second-order valence-electron chi connectivity index (χ2n) is 4.94. The fraction of sp³-hybridized carbons (Fsp3) is 0.294. The molecule has 0 aromatic heterocycles. The highest BCUT2D eigenvalue weighted by atomic mass is 16.5. The topological polar surface area (TPSA) is 21.3 Å². The van der Waals surface area contributed by atoms with E-state index < -0.39 is 0 Å². The van der Waals surface area contributed by atoms with Crippen molar-refractivity contribution in [3.8, 4) is 5.75 Å². The molecule has 0 saturated carbocycles. The summed E-state index contributed by atoms with van der Waals surface area (Å²) in [6.45, 7) is 3.86. The largest absolute Gasteiger partial charge is 0.493 e. The van der Waals surface area contributed by atoms with Crippen LogP contribution in [0.5, 0.6) is 5.75 Å². The van der Waals surface area contributed by atoms with E-state index in [1.807, 2.05) is 0 Å². The van der Waals surface area contributed by atoms with Crippen molar-refractivity contribution in [3.05, 3.63) is 59.2 Å². The third kappa shape index (κ3) is 2.73. The van der Waals surface area contributed by atoms with Gasteiger partial charge in [-0.15, -0.1) is 0 Å². The lowest BCUT2D eigenvalue weighted by molar-refractivity contribution is 0.357. The molecule has 0 fully saturated rings. The van der Waals surface area contributed by atoms with Crippen molar-refractivity contribution in [1.29, 1.82) is 0 Å². The molecule has 2 aromatic rings. The Labute approximate surface area is 114 Å². The third-order valence-corrected chi connectivity index (χ3v) is 3.61. The van der Waals surface area contributed by atoms with Crippen molar-refractivity contribution in [2.24, 2.45) is 0 Å². The molecular weight excluding hydrogens is 234 g/mol. The van der Waals surface area contributed by atoms with Gasteiger partial charge in [-0.1, -0.05) is 31.2 Å². The van der Waals surface area contributed by atoms with E-state index in [4.69, 9.17) is 4.74 Å². The summed E-state index contributed by atoms with van der Waals surface area (Å²) < 4.78 is 5.52. The van der Waals surface area contributed by atoms with E-state index in [0.29, 0.717) is 0 Å². The number of hydrogen-bond donors (Lipinski definition) is 1. The summed E-state index contributed by atoms with van der Waals surface area (Å²) in [5, 5.41) is 3.46. The number of fused-ring (bicyclic) bond motifs is 1. The van der Waals surface area contributed by atoms with Crippen LogP contribution >= 0.6 is 0 Å². The maximum absolute atomic E-state index is 5.52. The van der Waals surface area contributed by atoms with Crippen molar-refractivity contribution < 1.29 is 4.74 Å². The number of anilines is 1. The van der Waals surface area contributed by atoms with Gasteiger partial charge in [0.25, 0.3) is 0 Å². The summed E-state index contributed by atoms with van der Waals surface area (Å²) in [5.41, 5.74) is 5.19. The molecule has 2 aromatic carbocycles. The molecule has 0 saturated heterocycles. The summed E-state index contributed by atoms with van der Waals surface area (Å²) in [6.07, 6.45) is 2.12. The quantitative estimate of drug-likeness (QED) is 0.895. The first-order chi connectivity index (χ1) is 9.35. The van der Waals surface area contributed by atoms with E-state index in [-0.39, 0.29) is 0 Å². The summed E-state index contributed by atoms with van der Waals surface area (Å²) >= 11 is 0. The molecule has 0 amide bonds. The van der Waals surface area contributed by atoms with Gasteiger partial charge >= 0.3 is 0 Å². The predicted octanol–water partition coefficient (Wildman–Crippen LogP) is 3.80. The number of nitrogens with one attached hydrogen (secondary N) is 1. The summed E-state index contributed by atoms with van der Waals surface area (Å²) in [7, 11) is 0. The molecule has 19 heavy (non-hydrogen) atoms. The molecule has 0 radical (unpaired) electrons. The van der Waals surface area contributed by atoms with Gasteiger partial charge in [-0.25, -0.2) is 0 Å². The van der Waals surface area contributed by atoms with Crippen LogP contribution in [0.4, 0.5) is 5.69 Å². The van der Waals surface area contributed by atoms with Gasteiger partial charge in [0.05, 0.1) is 6.61 Å². The van der Waals surface area contributed by atoms with Gasteiger partial charge in [0.1, 0.15) is 5.75 Å². The highest BCUT2D eigenvalue weighted by molar-refractivity contribution is 5.46. The molecule has 1 heterocycles. The molecule has 2 nitrogen and oxygen atoms in total. The van der Waals surface area contributed by atoms with Crippen molar-refractivity contribution >= 4 is 5.69 Å². The molecule has 0 aliphatic carbocycles. The Bertz CT molecular complexity index is 560. The summed E-state index contributed by atoms with van der Waals surface area (Å²) in [4.78, 5) is 0. The van der Waals surface area contributed by atoms with Crippen molar-refractivity contribution in [3.63, 3.8) is 0 Å². The number of ether oxygens (including phenoxy) is 1. The zero-order chi connectivity index (χ0) is 13.1. The molecule has 3 rings (SSSR count). The van der Waals surface area contributed by atoms with Gasteiger partial charge in [-0.3, -0.25) is 0 Å². The monoisotopic (exact) mass is 253 g/mol. The van der Waals surface area contributed by atoms with Crippen LogP contribution in [0.25, 0.3) is 0 Å². The molecule has 0 atom stereocenters. The average Bonchev–Trinajstić information content (AvgIpc) is 2.93. The molecule has 0 spiro atoms. The lowest BCUT2D eigenvalue weighted by Crippen LogP contribution is -1.99. The van der Waals surface area contributed by atoms with E-state index in [0.717, 1.165) is 31.7 Å². The SMILES string of the molecule is CCc1ccc(NCc2ccc3c(c2)CCO3)cc1. The van der Waals surface area contributed by atoms with Gasteiger partial charge in [-0.05, 0) is 41.3 Å². The van der Waals surface area contributed by atoms with Crippen LogP contribution in [0, 0.1) is 0 Å². The Morgan fingerprint density at radius 2 is 1.84 bits per heavy atom. The smallest absolute Gasteiger partial charge is 0.122 e. The first-order valence-corrected chi connectivity index (χ1v) is 6.92. The fourth-order valence-corrected chi connectivity index (χ4v) is 2.41. The van der Waals surface area contributed by atoms with Gasteiger partial charge in [-0.2, -0.15) is 0 Å². The molecule has 1 aliphatic rings. The minimum Gasteiger partial charge on any atom is -0.493 e. The molecule has 98 valence electrons. The highest BCUT2D eigenvalue weighted by Gasteiger charge is 2.11. The summed E-state index contributed by atoms with van der Waals surface area (Å²) in [5.74, 6) is 1.05. The van der Waals surface area contributed by atoms with E-state index in [2.05, 4.69) is 54.7 Å². The first kappa shape index (κ1) is 12.1. The minimum atomic E-state index is 0.824. The normalized spacial score (nSPS) is 12.9. The standard InChI is InChI=1S/C17H19NO/c1-2-13-3-6-16(7-4-13)18-12-14-5-8-17-15(11-14)9-10-19-17/h3-8,11,18H,2,9-10,12H2,1H3.